The molecule has 0 spiro atoms. The lowest BCUT2D eigenvalue weighted by atomic mass is 10.0. The summed E-state index contributed by atoms with van der Waals surface area (Å²) in [6.45, 7) is 8.16. The molecule has 0 radical (unpaired) electrons. The number of amides is 3. The SMILES string of the molecule is CC(C)(Oc1cccc(N2CCC[C@@H](NC(=O)N(Cc3ccc(-c4cn[nH]c4)cc3)C3CC3)C2)c1)C(=O)N1CCOCC1. The number of nitrogens with one attached hydrogen (secondary N) is 2. The minimum atomic E-state index is -0.986. The van der Waals surface area contributed by atoms with E-state index in [0.717, 1.165) is 61.2 Å². The lowest BCUT2D eigenvalue weighted by Crippen LogP contribution is -2.52. The molecule has 2 saturated heterocycles. The largest absolute Gasteiger partial charge is 0.478 e. The first-order valence-corrected chi connectivity index (χ1v) is 15.4. The Morgan fingerprint density at radius 1 is 1.07 bits per heavy atom. The number of piperidine rings is 1. The predicted molar refractivity (Wildman–Crippen MR) is 165 cm³/mol. The predicted octanol–water partition coefficient (Wildman–Crippen LogP) is 4.44. The second-order valence-electron chi connectivity index (χ2n) is 12.3. The number of urea groups is 1. The number of hydrogen-bond acceptors (Lipinski definition) is 6. The molecule has 3 fully saturated rings. The van der Waals surface area contributed by atoms with E-state index in [0.29, 0.717) is 44.6 Å². The Morgan fingerprint density at radius 2 is 1.86 bits per heavy atom. The molecule has 3 amide bonds. The van der Waals surface area contributed by atoms with Crippen molar-refractivity contribution in [3.63, 3.8) is 0 Å². The fraction of sp³-hybridized carbons (Fsp3) is 0.485. The molecule has 2 aliphatic heterocycles. The van der Waals surface area contributed by atoms with Gasteiger partial charge in [0.05, 0.1) is 19.4 Å². The number of benzene rings is 2. The number of hydrogen-bond donors (Lipinski definition) is 2. The van der Waals surface area contributed by atoms with Crippen LogP contribution in [0.1, 0.15) is 45.1 Å². The average molecular weight is 587 g/mol. The number of nitrogens with zero attached hydrogens (tertiary/aromatic N) is 4. The molecular formula is C33H42N6O4. The topological polar surface area (TPSA) is 103 Å². The fourth-order valence-corrected chi connectivity index (χ4v) is 5.98. The molecule has 3 aromatic rings. The lowest BCUT2D eigenvalue weighted by molar-refractivity contribution is -0.149. The second kappa shape index (κ2) is 12.7. The summed E-state index contributed by atoms with van der Waals surface area (Å²) < 4.78 is 11.6. The number of rotatable bonds is 9. The first-order valence-electron chi connectivity index (χ1n) is 15.4. The van der Waals surface area contributed by atoms with E-state index in [9.17, 15) is 9.59 Å². The number of carbonyl (C=O) groups is 2. The summed E-state index contributed by atoms with van der Waals surface area (Å²) in [5.41, 5.74) is 3.31. The summed E-state index contributed by atoms with van der Waals surface area (Å²) in [5, 5.41) is 10.2. The molecule has 1 aliphatic carbocycles. The number of aromatic amines is 1. The van der Waals surface area contributed by atoms with Gasteiger partial charge < -0.3 is 29.5 Å². The van der Waals surface area contributed by atoms with Crippen LogP contribution in [-0.2, 0) is 16.1 Å². The Bertz CT molecular complexity index is 1380. The first kappa shape index (κ1) is 29.0. The molecule has 10 heteroatoms. The van der Waals surface area contributed by atoms with Crippen LogP contribution in [0.2, 0.25) is 0 Å². The van der Waals surface area contributed by atoms with Crippen molar-refractivity contribution < 1.29 is 19.1 Å². The van der Waals surface area contributed by atoms with Crippen molar-refractivity contribution in [1.29, 1.82) is 0 Å². The summed E-state index contributed by atoms with van der Waals surface area (Å²) in [4.78, 5) is 32.8. The van der Waals surface area contributed by atoms with Crippen molar-refractivity contribution in [3.05, 3.63) is 66.5 Å². The number of anilines is 1. The van der Waals surface area contributed by atoms with Crippen LogP contribution in [0.3, 0.4) is 0 Å². The van der Waals surface area contributed by atoms with E-state index in [4.69, 9.17) is 9.47 Å². The third-order valence-corrected chi connectivity index (χ3v) is 8.51. The van der Waals surface area contributed by atoms with Gasteiger partial charge >= 0.3 is 6.03 Å². The van der Waals surface area contributed by atoms with Crippen LogP contribution < -0.4 is 15.0 Å². The summed E-state index contributed by atoms with van der Waals surface area (Å²) in [5.74, 6) is 0.630. The summed E-state index contributed by atoms with van der Waals surface area (Å²) in [6.07, 6.45) is 7.71. The summed E-state index contributed by atoms with van der Waals surface area (Å²) >= 11 is 0. The average Bonchev–Trinajstić information content (AvgIpc) is 3.72. The highest BCUT2D eigenvalue weighted by Gasteiger charge is 2.36. The first-order chi connectivity index (χ1) is 20.9. The van der Waals surface area contributed by atoms with Crippen molar-refractivity contribution in [2.45, 2.75) is 63.8 Å². The minimum absolute atomic E-state index is 0.00807. The second-order valence-corrected chi connectivity index (χ2v) is 12.3. The van der Waals surface area contributed by atoms with E-state index in [1.807, 2.05) is 54.2 Å². The van der Waals surface area contributed by atoms with Crippen molar-refractivity contribution in [1.82, 2.24) is 25.3 Å². The smallest absolute Gasteiger partial charge is 0.318 e. The molecule has 43 heavy (non-hydrogen) atoms. The molecule has 1 saturated carbocycles. The zero-order valence-electron chi connectivity index (χ0n) is 25.1. The van der Waals surface area contributed by atoms with Crippen LogP contribution in [0.5, 0.6) is 5.75 Å². The van der Waals surface area contributed by atoms with Crippen LogP contribution in [0.4, 0.5) is 10.5 Å². The van der Waals surface area contributed by atoms with E-state index >= 15 is 0 Å². The third-order valence-electron chi connectivity index (χ3n) is 8.51. The van der Waals surface area contributed by atoms with E-state index in [-0.39, 0.29) is 18.0 Å². The van der Waals surface area contributed by atoms with Gasteiger partial charge in [0, 0.05) is 68.3 Å². The Kier molecular flexibility index (Phi) is 8.56. The van der Waals surface area contributed by atoms with E-state index in [1.165, 1.54) is 0 Å². The summed E-state index contributed by atoms with van der Waals surface area (Å²) in [6, 6.07) is 16.6. The summed E-state index contributed by atoms with van der Waals surface area (Å²) in [7, 11) is 0. The van der Waals surface area contributed by atoms with Gasteiger partial charge in [0.25, 0.3) is 5.91 Å². The molecule has 0 unspecified atom stereocenters. The number of aromatic nitrogens is 2. The number of ether oxygens (including phenoxy) is 2. The van der Waals surface area contributed by atoms with Crippen LogP contribution in [-0.4, -0.2) is 89.0 Å². The van der Waals surface area contributed by atoms with Crippen LogP contribution in [0.25, 0.3) is 11.1 Å². The quantitative estimate of drug-likeness (QED) is 0.385. The molecule has 3 heterocycles. The lowest BCUT2D eigenvalue weighted by Gasteiger charge is -2.37. The third kappa shape index (κ3) is 7.13. The van der Waals surface area contributed by atoms with Gasteiger partial charge in [-0.1, -0.05) is 30.3 Å². The highest BCUT2D eigenvalue weighted by Crippen LogP contribution is 2.30. The highest BCUT2D eigenvalue weighted by atomic mass is 16.5. The molecule has 0 bridgehead atoms. The zero-order valence-corrected chi connectivity index (χ0v) is 25.1. The molecule has 10 nitrogen and oxygen atoms in total. The van der Waals surface area contributed by atoms with Crippen LogP contribution >= 0.6 is 0 Å². The fourth-order valence-electron chi connectivity index (χ4n) is 5.98. The maximum atomic E-state index is 13.5. The van der Waals surface area contributed by atoms with Crippen molar-refractivity contribution in [2.24, 2.45) is 0 Å². The van der Waals surface area contributed by atoms with Gasteiger partial charge in [-0.05, 0) is 62.8 Å². The molecule has 228 valence electrons. The molecule has 3 aliphatic rings. The monoisotopic (exact) mass is 586 g/mol. The van der Waals surface area contributed by atoms with Gasteiger partial charge in [-0.15, -0.1) is 0 Å². The minimum Gasteiger partial charge on any atom is -0.478 e. The normalized spacial score (nSPS) is 19.2. The number of carbonyl (C=O) groups excluding carboxylic acids is 2. The standard InChI is InChI=1S/C33H42N6O4/c1-33(2,31(40)37-15-17-42-18-16-37)43-30-7-3-6-29(19-30)38-14-4-5-27(23-38)36-32(41)39(28-12-13-28)22-24-8-10-25(11-9-24)26-20-34-35-21-26/h3,6-11,19-21,27-28H,4-5,12-18,22-23H2,1-2H3,(H,34,35)(H,36,41)/t27-/m1/s1. The molecule has 2 aromatic carbocycles. The Morgan fingerprint density at radius 3 is 2.58 bits per heavy atom. The van der Waals surface area contributed by atoms with Gasteiger partial charge in [-0.2, -0.15) is 5.10 Å². The van der Waals surface area contributed by atoms with E-state index in [1.54, 1.807) is 0 Å². The van der Waals surface area contributed by atoms with Gasteiger partial charge in [0.1, 0.15) is 5.75 Å². The molecule has 6 rings (SSSR count). The van der Waals surface area contributed by atoms with Crippen molar-refractivity contribution in [3.8, 4) is 16.9 Å². The van der Waals surface area contributed by atoms with E-state index < -0.39 is 5.60 Å². The van der Waals surface area contributed by atoms with E-state index in [2.05, 4.69) is 50.7 Å². The highest BCUT2D eigenvalue weighted by molar-refractivity contribution is 5.85. The molecule has 1 aromatic heterocycles. The Balaban J connectivity index is 1.06. The van der Waals surface area contributed by atoms with Crippen molar-refractivity contribution in [2.75, 3.05) is 44.3 Å². The Hall–Kier alpha value is -4.05. The maximum absolute atomic E-state index is 13.5. The zero-order chi connectivity index (χ0) is 29.8. The van der Waals surface area contributed by atoms with Crippen LogP contribution in [0.15, 0.2) is 60.9 Å². The maximum Gasteiger partial charge on any atom is 0.318 e. The number of morpholine rings is 1. The van der Waals surface area contributed by atoms with Gasteiger partial charge in [0.2, 0.25) is 0 Å². The molecule has 1 atom stereocenters. The van der Waals surface area contributed by atoms with Gasteiger partial charge in [-0.25, -0.2) is 4.79 Å². The Labute approximate surface area is 253 Å². The number of H-pyrrole nitrogens is 1. The van der Waals surface area contributed by atoms with Gasteiger partial charge in [0.15, 0.2) is 5.60 Å². The van der Waals surface area contributed by atoms with Crippen molar-refractivity contribution >= 4 is 17.6 Å². The van der Waals surface area contributed by atoms with Crippen LogP contribution in [0, 0.1) is 0 Å². The molecular weight excluding hydrogens is 544 g/mol. The molecule has 2 N–H and O–H groups in total. The van der Waals surface area contributed by atoms with Gasteiger partial charge in [-0.3, -0.25) is 9.89 Å².